The highest BCUT2D eigenvalue weighted by Crippen LogP contribution is 2.45. The monoisotopic (exact) mass is 251 g/mol. The first-order valence-electron chi connectivity index (χ1n) is 5.72. The number of rotatable bonds is 3. The molecule has 0 aromatic heterocycles. The average Bonchev–Trinajstić information content (AvgIpc) is 2.72. The Balaban J connectivity index is 2.75. The summed E-state index contributed by atoms with van der Waals surface area (Å²) in [5, 5.41) is 12.6. The summed E-state index contributed by atoms with van der Waals surface area (Å²) in [4.78, 5) is 0. The van der Waals surface area contributed by atoms with E-state index in [1.54, 1.807) is 27.4 Å². The number of hydrogen-bond acceptors (Lipinski definition) is 5. The maximum absolute atomic E-state index is 9.18. The van der Waals surface area contributed by atoms with Crippen LogP contribution in [0.1, 0.15) is 18.1 Å². The third-order valence-corrected chi connectivity index (χ3v) is 3.30. The van der Waals surface area contributed by atoms with E-state index in [0.29, 0.717) is 17.2 Å². The Kier molecular flexibility index (Phi) is 3.32. The lowest BCUT2D eigenvalue weighted by Gasteiger charge is -2.15. The Morgan fingerprint density at radius 3 is 2.33 bits per heavy atom. The van der Waals surface area contributed by atoms with Gasteiger partial charge in [-0.2, -0.15) is 0 Å². The highest BCUT2D eigenvalue weighted by atomic mass is 16.5. The standard InChI is InChI=1S/C13H17NO4/c1-7-5-8-9(16-2)6-10(17-3)13(18-4)11(8)12(7)14-15/h6-7,15H,5H2,1-4H3/b14-12+. The van der Waals surface area contributed by atoms with Crippen LogP contribution in [0.3, 0.4) is 0 Å². The molecule has 1 N–H and O–H groups in total. The zero-order valence-electron chi connectivity index (χ0n) is 11.0. The molecule has 98 valence electrons. The quantitative estimate of drug-likeness (QED) is 0.660. The maximum Gasteiger partial charge on any atom is 0.170 e. The van der Waals surface area contributed by atoms with Gasteiger partial charge in [-0.05, 0) is 6.42 Å². The SMILES string of the molecule is COc1cc(OC)c(OC)c2c1CC(C)/C2=N\O. The van der Waals surface area contributed by atoms with E-state index in [-0.39, 0.29) is 5.92 Å². The Labute approximate surface area is 106 Å². The van der Waals surface area contributed by atoms with Gasteiger partial charge in [0.25, 0.3) is 0 Å². The minimum Gasteiger partial charge on any atom is -0.496 e. The molecule has 5 heteroatoms. The number of hydrogen-bond donors (Lipinski definition) is 1. The molecule has 0 bridgehead atoms. The molecule has 1 aromatic carbocycles. The van der Waals surface area contributed by atoms with Crippen LogP contribution >= 0.6 is 0 Å². The molecule has 18 heavy (non-hydrogen) atoms. The number of ether oxygens (including phenoxy) is 3. The fourth-order valence-corrected chi connectivity index (χ4v) is 2.46. The highest BCUT2D eigenvalue weighted by molar-refractivity contribution is 6.09. The van der Waals surface area contributed by atoms with Crippen LogP contribution in [0.5, 0.6) is 17.2 Å². The molecule has 0 spiro atoms. The largest absolute Gasteiger partial charge is 0.496 e. The van der Waals surface area contributed by atoms with Crippen molar-refractivity contribution in [3.63, 3.8) is 0 Å². The summed E-state index contributed by atoms with van der Waals surface area (Å²) >= 11 is 0. The van der Waals surface area contributed by atoms with E-state index in [1.807, 2.05) is 6.92 Å². The molecule has 0 amide bonds. The second-order valence-corrected chi connectivity index (χ2v) is 4.26. The molecule has 0 saturated carbocycles. The van der Waals surface area contributed by atoms with Gasteiger partial charge in [-0.1, -0.05) is 12.1 Å². The molecule has 1 aromatic rings. The predicted molar refractivity (Wildman–Crippen MR) is 67.3 cm³/mol. The molecule has 0 aliphatic heterocycles. The first kappa shape index (κ1) is 12.5. The van der Waals surface area contributed by atoms with Gasteiger partial charge in [0.1, 0.15) is 5.75 Å². The van der Waals surface area contributed by atoms with Crippen LogP contribution in [0.4, 0.5) is 0 Å². The Bertz CT molecular complexity index is 496. The maximum atomic E-state index is 9.18. The molecule has 0 heterocycles. The zero-order valence-corrected chi connectivity index (χ0v) is 11.0. The van der Waals surface area contributed by atoms with Crippen LogP contribution in [0.15, 0.2) is 11.2 Å². The van der Waals surface area contributed by atoms with Gasteiger partial charge in [0.05, 0.1) is 32.6 Å². The first-order valence-corrected chi connectivity index (χ1v) is 5.72. The van der Waals surface area contributed by atoms with Crippen LogP contribution in [-0.4, -0.2) is 32.2 Å². The molecule has 1 aliphatic rings. The van der Waals surface area contributed by atoms with Crippen molar-refractivity contribution in [2.75, 3.05) is 21.3 Å². The zero-order chi connectivity index (χ0) is 13.3. The third kappa shape index (κ3) is 1.66. The van der Waals surface area contributed by atoms with Gasteiger partial charge in [0.15, 0.2) is 11.5 Å². The topological polar surface area (TPSA) is 60.3 Å². The molecule has 1 unspecified atom stereocenters. The molecular formula is C13H17NO4. The van der Waals surface area contributed by atoms with Crippen molar-refractivity contribution in [1.29, 1.82) is 0 Å². The van der Waals surface area contributed by atoms with E-state index < -0.39 is 0 Å². The fraction of sp³-hybridized carbons (Fsp3) is 0.462. The normalized spacial score (nSPS) is 19.8. The van der Waals surface area contributed by atoms with E-state index >= 15 is 0 Å². The lowest BCUT2D eigenvalue weighted by Crippen LogP contribution is -2.07. The minimum atomic E-state index is 0.125. The summed E-state index contributed by atoms with van der Waals surface area (Å²) in [6.07, 6.45) is 0.762. The molecule has 1 atom stereocenters. The lowest BCUT2D eigenvalue weighted by atomic mass is 10.1. The van der Waals surface area contributed by atoms with Crippen molar-refractivity contribution in [2.24, 2.45) is 11.1 Å². The minimum absolute atomic E-state index is 0.125. The van der Waals surface area contributed by atoms with E-state index in [9.17, 15) is 5.21 Å². The highest BCUT2D eigenvalue weighted by Gasteiger charge is 2.34. The van der Waals surface area contributed by atoms with E-state index in [2.05, 4.69) is 5.16 Å². The first-order chi connectivity index (χ1) is 8.67. The third-order valence-electron chi connectivity index (χ3n) is 3.30. The molecule has 0 fully saturated rings. The van der Waals surface area contributed by atoms with Crippen molar-refractivity contribution in [3.05, 3.63) is 17.2 Å². The Morgan fingerprint density at radius 2 is 1.83 bits per heavy atom. The Hall–Kier alpha value is -1.91. The van der Waals surface area contributed by atoms with Gasteiger partial charge in [0.2, 0.25) is 0 Å². The fourth-order valence-electron chi connectivity index (χ4n) is 2.46. The van der Waals surface area contributed by atoms with Gasteiger partial charge >= 0.3 is 0 Å². The molecule has 1 aliphatic carbocycles. The smallest absolute Gasteiger partial charge is 0.170 e. The van der Waals surface area contributed by atoms with Crippen LogP contribution in [0.25, 0.3) is 0 Å². The summed E-state index contributed by atoms with van der Waals surface area (Å²) in [5.41, 5.74) is 2.39. The number of benzene rings is 1. The molecular weight excluding hydrogens is 234 g/mol. The summed E-state index contributed by atoms with van der Waals surface area (Å²) in [7, 11) is 4.75. The van der Waals surface area contributed by atoms with Crippen LogP contribution in [-0.2, 0) is 6.42 Å². The van der Waals surface area contributed by atoms with E-state index in [1.165, 1.54) is 0 Å². The van der Waals surface area contributed by atoms with Gasteiger partial charge in [-0.25, -0.2) is 0 Å². The van der Waals surface area contributed by atoms with Crippen molar-refractivity contribution in [2.45, 2.75) is 13.3 Å². The van der Waals surface area contributed by atoms with Gasteiger partial charge in [0, 0.05) is 17.5 Å². The van der Waals surface area contributed by atoms with Gasteiger partial charge in [-0.15, -0.1) is 0 Å². The summed E-state index contributed by atoms with van der Waals surface area (Å²) in [6, 6.07) is 1.80. The van der Waals surface area contributed by atoms with E-state index in [4.69, 9.17) is 14.2 Å². The van der Waals surface area contributed by atoms with Gasteiger partial charge in [-0.3, -0.25) is 0 Å². The van der Waals surface area contributed by atoms with Crippen LogP contribution in [0.2, 0.25) is 0 Å². The van der Waals surface area contributed by atoms with Crippen molar-refractivity contribution in [3.8, 4) is 17.2 Å². The average molecular weight is 251 g/mol. The number of fused-ring (bicyclic) bond motifs is 1. The molecule has 0 saturated heterocycles. The number of oxime groups is 1. The Morgan fingerprint density at radius 1 is 1.17 bits per heavy atom. The van der Waals surface area contributed by atoms with Crippen molar-refractivity contribution >= 4 is 5.71 Å². The van der Waals surface area contributed by atoms with Crippen LogP contribution in [0, 0.1) is 5.92 Å². The van der Waals surface area contributed by atoms with Gasteiger partial charge < -0.3 is 19.4 Å². The van der Waals surface area contributed by atoms with Crippen LogP contribution < -0.4 is 14.2 Å². The second-order valence-electron chi connectivity index (χ2n) is 4.26. The molecule has 2 rings (SSSR count). The van der Waals surface area contributed by atoms with Crippen molar-refractivity contribution in [1.82, 2.24) is 0 Å². The molecule has 5 nitrogen and oxygen atoms in total. The molecule has 0 radical (unpaired) electrons. The van der Waals surface area contributed by atoms with E-state index in [0.717, 1.165) is 23.3 Å². The lowest BCUT2D eigenvalue weighted by molar-refractivity contribution is 0.315. The number of methoxy groups -OCH3 is 3. The second kappa shape index (κ2) is 4.76. The summed E-state index contributed by atoms with van der Waals surface area (Å²) < 4.78 is 16.0. The summed E-state index contributed by atoms with van der Waals surface area (Å²) in [5.74, 6) is 2.02. The van der Waals surface area contributed by atoms with Crippen molar-refractivity contribution < 1.29 is 19.4 Å². The predicted octanol–water partition coefficient (Wildman–Crippen LogP) is 2.08. The number of nitrogens with zero attached hydrogens (tertiary/aromatic N) is 1. The summed E-state index contributed by atoms with van der Waals surface area (Å²) in [6.45, 7) is 2.00.